The standard InChI is InChI=1S/C15H16O.C9H10O2S.C7H7I.C7H8O2.C2H5Cl.C2H6O/c1-12-8-10-14(11-9-12)15(2,16)13-6-4-3-5-7-13;1-3-12(10,11)9-6-4-8(2)5-7-9;1-6-2-4-7(8)5-3-6;1-5-2-3-6(8)7(9)4-5;2*1-2-3/h3-11,16H,1-2H3;3-7H,1H2,2H3;2-5H,1H3;2-4,8-9H,1H3;2H2,1H3;3H,2H2,1H3. The van der Waals surface area contributed by atoms with Crippen LogP contribution < -0.4 is 0 Å². The van der Waals surface area contributed by atoms with Crippen molar-refractivity contribution in [1.82, 2.24) is 0 Å². The molecule has 9 heteroatoms. The highest BCUT2D eigenvalue weighted by Crippen LogP contribution is 2.29. The summed E-state index contributed by atoms with van der Waals surface area (Å²) in [6.07, 6.45) is 0. The molecule has 4 N–H and O–H groups in total. The minimum absolute atomic E-state index is 0.0602. The molecule has 5 aromatic rings. The van der Waals surface area contributed by atoms with Crippen molar-refractivity contribution in [1.29, 1.82) is 0 Å². The number of benzene rings is 5. The molecule has 5 aromatic carbocycles. The first kappa shape index (κ1) is 47.3. The van der Waals surface area contributed by atoms with Gasteiger partial charge in [-0.15, -0.1) is 11.6 Å². The minimum atomic E-state index is -3.25. The lowest BCUT2D eigenvalue weighted by molar-refractivity contribution is 0.102. The van der Waals surface area contributed by atoms with Gasteiger partial charge in [0.25, 0.3) is 0 Å². The van der Waals surface area contributed by atoms with E-state index in [1.807, 2.05) is 89.2 Å². The number of aliphatic hydroxyl groups excluding tert-OH is 1. The van der Waals surface area contributed by atoms with Crippen molar-refractivity contribution in [2.24, 2.45) is 0 Å². The summed E-state index contributed by atoms with van der Waals surface area (Å²) < 4.78 is 23.7. The van der Waals surface area contributed by atoms with Gasteiger partial charge >= 0.3 is 0 Å². The molecule has 0 saturated heterocycles. The Morgan fingerprint density at radius 2 is 1.06 bits per heavy atom. The Morgan fingerprint density at radius 1 is 0.686 bits per heavy atom. The van der Waals surface area contributed by atoms with Crippen LogP contribution >= 0.6 is 34.2 Å². The summed E-state index contributed by atoms with van der Waals surface area (Å²) in [6, 6.07) is 37.5. The Hall–Kier alpha value is -3.67. The lowest BCUT2D eigenvalue weighted by Crippen LogP contribution is -2.22. The topological polar surface area (TPSA) is 115 Å². The lowest BCUT2D eigenvalue weighted by Gasteiger charge is -2.24. The second kappa shape index (κ2) is 25.3. The van der Waals surface area contributed by atoms with E-state index in [-0.39, 0.29) is 18.1 Å². The number of phenols is 2. The number of rotatable bonds is 4. The van der Waals surface area contributed by atoms with Crippen LogP contribution in [0.2, 0.25) is 0 Å². The molecule has 1 atom stereocenters. The van der Waals surface area contributed by atoms with E-state index in [9.17, 15) is 13.5 Å². The summed E-state index contributed by atoms with van der Waals surface area (Å²) >= 11 is 7.29. The molecule has 0 spiro atoms. The number of aliphatic hydroxyl groups is 2. The predicted octanol–water partition coefficient (Wildman–Crippen LogP) is 10.4. The summed E-state index contributed by atoms with van der Waals surface area (Å²) in [7, 11) is -3.25. The number of halogens is 2. The first-order valence-corrected chi connectivity index (χ1v) is 19.3. The number of aryl methyl sites for hydroxylation is 4. The van der Waals surface area contributed by atoms with Crippen molar-refractivity contribution in [2.45, 2.75) is 59.0 Å². The average molecular weight is 847 g/mol. The highest BCUT2D eigenvalue weighted by atomic mass is 127. The second-order valence-electron chi connectivity index (χ2n) is 11.2. The Bertz CT molecular complexity index is 1750. The third-order valence-electron chi connectivity index (χ3n) is 6.66. The molecule has 276 valence electrons. The van der Waals surface area contributed by atoms with E-state index in [2.05, 4.69) is 60.4 Å². The van der Waals surface area contributed by atoms with Crippen LogP contribution in [0.15, 0.2) is 138 Å². The molecule has 0 heterocycles. The van der Waals surface area contributed by atoms with Gasteiger partial charge in [-0.3, -0.25) is 0 Å². The van der Waals surface area contributed by atoms with E-state index in [0.717, 1.165) is 33.5 Å². The zero-order chi connectivity index (χ0) is 39.0. The Kier molecular flexibility index (Phi) is 23.5. The van der Waals surface area contributed by atoms with Crippen molar-refractivity contribution in [3.63, 3.8) is 0 Å². The van der Waals surface area contributed by atoms with E-state index < -0.39 is 15.4 Å². The predicted molar refractivity (Wildman–Crippen MR) is 222 cm³/mol. The van der Waals surface area contributed by atoms with Gasteiger partial charge in [0.2, 0.25) is 0 Å². The second-order valence-corrected chi connectivity index (χ2v) is 14.9. The molecule has 0 aliphatic heterocycles. The number of aromatic hydroxyl groups is 2. The molecule has 0 saturated carbocycles. The lowest BCUT2D eigenvalue weighted by atomic mass is 9.88. The van der Waals surface area contributed by atoms with E-state index >= 15 is 0 Å². The molecule has 6 nitrogen and oxygen atoms in total. The summed E-state index contributed by atoms with van der Waals surface area (Å²) in [4.78, 5) is 0.295. The molecule has 5 rings (SSSR count). The molecule has 0 radical (unpaired) electrons. The molecule has 51 heavy (non-hydrogen) atoms. The van der Waals surface area contributed by atoms with Crippen LogP contribution in [0, 0.1) is 31.3 Å². The number of sulfone groups is 1. The highest BCUT2D eigenvalue weighted by molar-refractivity contribution is 14.1. The van der Waals surface area contributed by atoms with Gasteiger partial charge in [-0.25, -0.2) is 8.42 Å². The zero-order valence-electron chi connectivity index (χ0n) is 30.5. The fourth-order valence-corrected chi connectivity index (χ4v) is 4.87. The largest absolute Gasteiger partial charge is 0.504 e. The van der Waals surface area contributed by atoms with Crippen molar-refractivity contribution in [3.8, 4) is 11.5 Å². The first-order chi connectivity index (χ1) is 24.0. The maximum Gasteiger partial charge on any atom is 0.199 e. The molecule has 0 amide bonds. The maximum absolute atomic E-state index is 11.2. The molecule has 0 fully saturated rings. The van der Waals surface area contributed by atoms with Crippen molar-refractivity contribution in [3.05, 3.63) is 170 Å². The number of hydrogen-bond donors (Lipinski definition) is 4. The van der Waals surface area contributed by atoms with Gasteiger partial charge in [0.05, 0.1) is 4.90 Å². The summed E-state index contributed by atoms with van der Waals surface area (Å²) in [5, 5.41) is 36.7. The van der Waals surface area contributed by atoms with Gasteiger partial charge in [0, 0.05) is 21.5 Å². The maximum atomic E-state index is 11.2. The van der Waals surface area contributed by atoms with Crippen LogP contribution in [0.5, 0.6) is 11.5 Å². The van der Waals surface area contributed by atoms with Crippen LogP contribution in [-0.4, -0.2) is 41.3 Å². The first-order valence-electron chi connectivity index (χ1n) is 16.2. The molecule has 0 aromatic heterocycles. The summed E-state index contributed by atoms with van der Waals surface area (Å²) in [5.41, 5.74) is 5.42. The van der Waals surface area contributed by atoms with Gasteiger partial charge in [0.1, 0.15) is 5.60 Å². The fraction of sp³-hybridized carbons (Fsp3) is 0.238. The van der Waals surface area contributed by atoms with E-state index in [4.69, 9.17) is 26.9 Å². The van der Waals surface area contributed by atoms with E-state index in [0.29, 0.717) is 4.90 Å². The van der Waals surface area contributed by atoms with Crippen LogP contribution in [0.3, 0.4) is 0 Å². The SMILES string of the molecule is C=CS(=O)(=O)c1ccc(C)cc1.CCCl.CCO.Cc1ccc(C(C)(O)c2ccccc2)cc1.Cc1ccc(I)cc1.Cc1ccc(O)c(O)c1. The quantitative estimate of drug-likeness (QED) is 0.0814. The zero-order valence-corrected chi connectivity index (χ0v) is 34.2. The Morgan fingerprint density at radius 3 is 1.43 bits per heavy atom. The van der Waals surface area contributed by atoms with Gasteiger partial charge < -0.3 is 20.4 Å². The summed E-state index contributed by atoms with van der Waals surface area (Å²) in [5.74, 6) is 0.593. The van der Waals surface area contributed by atoms with Crippen molar-refractivity contribution in [2.75, 3.05) is 12.5 Å². The molecule has 0 aliphatic rings. The third-order valence-corrected chi connectivity index (χ3v) is 8.75. The van der Waals surface area contributed by atoms with Gasteiger partial charge in [-0.1, -0.05) is 115 Å². The van der Waals surface area contributed by atoms with E-state index in [1.165, 1.54) is 26.8 Å². The Labute approximate surface area is 324 Å². The van der Waals surface area contributed by atoms with Crippen LogP contribution in [0.4, 0.5) is 0 Å². The molecule has 0 aliphatic carbocycles. The van der Waals surface area contributed by atoms with Crippen molar-refractivity contribution >= 4 is 44.0 Å². The van der Waals surface area contributed by atoms with Gasteiger partial charge in [0.15, 0.2) is 21.3 Å². The molecular weight excluding hydrogens is 795 g/mol. The Balaban J connectivity index is 0.000000639. The monoisotopic (exact) mass is 846 g/mol. The summed E-state index contributed by atoms with van der Waals surface area (Å²) in [6.45, 7) is 16.8. The van der Waals surface area contributed by atoms with Crippen LogP contribution in [-0.2, 0) is 15.4 Å². The fourth-order valence-electron chi connectivity index (χ4n) is 3.80. The normalized spacial score (nSPS) is 11.0. The van der Waals surface area contributed by atoms with Gasteiger partial charge in [-0.05, 0) is 117 Å². The number of alkyl halides is 1. The number of hydrogen-bond acceptors (Lipinski definition) is 6. The third kappa shape index (κ3) is 19.5. The molecule has 1 unspecified atom stereocenters. The molecular formula is C42H52ClIO6S. The number of phenolic OH excluding ortho intramolecular Hbond substituents is 2. The van der Waals surface area contributed by atoms with Crippen LogP contribution in [0.25, 0.3) is 0 Å². The smallest absolute Gasteiger partial charge is 0.199 e. The minimum Gasteiger partial charge on any atom is -0.504 e. The van der Waals surface area contributed by atoms with E-state index in [1.54, 1.807) is 37.3 Å². The molecule has 0 bridgehead atoms. The van der Waals surface area contributed by atoms with Gasteiger partial charge in [-0.2, -0.15) is 0 Å². The van der Waals surface area contributed by atoms with Crippen LogP contribution in [0.1, 0.15) is 54.2 Å². The average Bonchev–Trinajstić information content (AvgIpc) is 3.10. The van der Waals surface area contributed by atoms with Crippen molar-refractivity contribution < 1.29 is 28.8 Å². The highest BCUT2D eigenvalue weighted by Gasteiger charge is 2.24.